The second-order valence-corrected chi connectivity index (χ2v) is 25.1. The molecule has 0 spiro atoms. The van der Waals surface area contributed by atoms with Crippen LogP contribution < -0.4 is 5.73 Å². The SMILES string of the molecule is CCCCCCCCCCCCCCCCCCCCCCCCCCCCCC(=O)OC[C@H](COP(=O)(O)OC[C@H](N)C(=O)O)OC(=O)CCCCCCCCCCCCCCCCCCCCCCCCCCCCC. The first-order valence-corrected chi connectivity index (χ1v) is 35.6. The number of rotatable bonds is 66. The molecule has 12 heteroatoms. The van der Waals surface area contributed by atoms with Crippen LogP contribution in [0.2, 0.25) is 0 Å². The summed E-state index contributed by atoms with van der Waals surface area (Å²) in [6.45, 7) is 2.92. The minimum Gasteiger partial charge on any atom is -0.480 e. The lowest BCUT2D eigenvalue weighted by atomic mass is 10.0. The van der Waals surface area contributed by atoms with Gasteiger partial charge in [0.05, 0.1) is 13.2 Å². The zero-order valence-electron chi connectivity index (χ0n) is 51.6. The summed E-state index contributed by atoms with van der Waals surface area (Å²) >= 11 is 0. The summed E-state index contributed by atoms with van der Waals surface area (Å²) in [6.07, 6.45) is 70.7. The van der Waals surface area contributed by atoms with Gasteiger partial charge in [0.15, 0.2) is 6.10 Å². The van der Waals surface area contributed by atoms with Crippen LogP contribution in [0.1, 0.15) is 373 Å². The van der Waals surface area contributed by atoms with Gasteiger partial charge in [0.2, 0.25) is 0 Å². The van der Waals surface area contributed by atoms with Crippen molar-refractivity contribution in [3.63, 3.8) is 0 Å². The highest BCUT2D eigenvalue weighted by atomic mass is 31.2. The van der Waals surface area contributed by atoms with Crippen molar-refractivity contribution in [2.45, 2.75) is 386 Å². The Bertz CT molecular complexity index is 1320. The largest absolute Gasteiger partial charge is 0.480 e. The highest BCUT2D eigenvalue weighted by molar-refractivity contribution is 7.47. The van der Waals surface area contributed by atoms with Crippen molar-refractivity contribution in [2.75, 3.05) is 19.8 Å². The van der Waals surface area contributed by atoms with E-state index in [9.17, 15) is 23.8 Å². The second kappa shape index (κ2) is 61.5. The fraction of sp³-hybridized carbons (Fsp3) is 0.955. The van der Waals surface area contributed by atoms with E-state index >= 15 is 0 Å². The van der Waals surface area contributed by atoms with Crippen LogP contribution in [0.3, 0.4) is 0 Å². The number of carboxylic acid groups (broad SMARTS) is 1. The predicted molar refractivity (Wildman–Crippen MR) is 328 cm³/mol. The zero-order chi connectivity index (χ0) is 56.9. The van der Waals surface area contributed by atoms with Crippen LogP contribution in [-0.4, -0.2) is 59.9 Å². The zero-order valence-corrected chi connectivity index (χ0v) is 52.5. The van der Waals surface area contributed by atoms with E-state index in [1.165, 1.54) is 295 Å². The van der Waals surface area contributed by atoms with Crippen LogP contribution in [-0.2, 0) is 37.5 Å². The number of esters is 2. The van der Waals surface area contributed by atoms with E-state index in [2.05, 4.69) is 13.8 Å². The molecule has 0 radical (unpaired) electrons. The van der Waals surface area contributed by atoms with E-state index in [4.69, 9.17) is 29.4 Å². The molecule has 11 nitrogen and oxygen atoms in total. The lowest BCUT2D eigenvalue weighted by molar-refractivity contribution is -0.161. The monoisotopic (exact) mass is 1130 g/mol. The molecule has 0 aliphatic rings. The Morgan fingerprint density at radius 1 is 0.346 bits per heavy atom. The standard InChI is InChI=1S/C66H130NO10P/c1-3-5-7-9-11-13-15-17-19-21-23-25-27-29-31-33-35-37-39-41-43-45-47-49-51-53-55-57-64(68)74-59-62(60-75-78(72,73)76-61-63(67)66(70)71)77-65(69)58-56-54-52-50-48-46-44-42-40-38-36-34-32-30-28-26-24-22-20-18-16-14-12-10-8-6-4-2/h62-63H,3-61,67H2,1-2H3,(H,70,71)(H,72,73)/t62-,63+/m1/s1. The Morgan fingerprint density at radius 2 is 0.564 bits per heavy atom. The summed E-state index contributed by atoms with van der Waals surface area (Å²) in [7, 11) is -4.72. The molecule has 0 aliphatic heterocycles. The van der Waals surface area contributed by atoms with Gasteiger partial charge in [0, 0.05) is 12.8 Å². The first-order valence-electron chi connectivity index (χ1n) is 34.1. The molecule has 78 heavy (non-hydrogen) atoms. The van der Waals surface area contributed by atoms with Gasteiger partial charge in [-0.1, -0.05) is 348 Å². The van der Waals surface area contributed by atoms with E-state index in [0.717, 1.165) is 38.5 Å². The van der Waals surface area contributed by atoms with Gasteiger partial charge in [-0.05, 0) is 12.8 Å². The molecule has 0 aromatic rings. The summed E-state index contributed by atoms with van der Waals surface area (Å²) in [5.74, 6) is -2.34. The number of unbranched alkanes of at least 4 members (excludes halogenated alkanes) is 52. The van der Waals surface area contributed by atoms with E-state index < -0.39 is 51.1 Å². The van der Waals surface area contributed by atoms with Crippen molar-refractivity contribution in [1.82, 2.24) is 0 Å². The fourth-order valence-electron chi connectivity index (χ4n) is 10.6. The van der Waals surface area contributed by atoms with E-state index in [0.29, 0.717) is 12.8 Å². The first-order chi connectivity index (χ1) is 38.1. The van der Waals surface area contributed by atoms with Gasteiger partial charge in [-0.3, -0.25) is 23.4 Å². The third-order valence-electron chi connectivity index (χ3n) is 15.9. The summed E-state index contributed by atoms with van der Waals surface area (Å²) in [4.78, 5) is 46.5. The van der Waals surface area contributed by atoms with Gasteiger partial charge in [-0.2, -0.15) is 0 Å². The fourth-order valence-corrected chi connectivity index (χ4v) is 11.4. The molecule has 0 aliphatic carbocycles. The maximum absolute atomic E-state index is 12.8. The van der Waals surface area contributed by atoms with Gasteiger partial charge >= 0.3 is 25.7 Å². The third-order valence-corrected chi connectivity index (χ3v) is 16.8. The highest BCUT2D eigenvalue weighted by Gasteiger charge is 2.28. The molecule has 3 atom stereocenters. The van der Waals surface area contributed by atoms with Crippen LogP contribution in [0.5, 0.6) is 0 Å². The first kappa shape index (κ1) is 76.5. The maximum Gasteiger partial charge on any atom is 0.472 e. The van der Waals surface area contributed by atoms with E-state index in [-0.39, 0.29) is 19.4 Å². The predicted octanol–water partition coefficient (Wildman–Crippen LogP) is 20.9. The van der Waals surface area contributed by atoms with E-state index in [1.54, 1.807) is 0 Å². The number of hydrogen-bond donors (Lipinski definition) is 3. The molecule has 1 unspecified atom stereocenters. The molecule has 464 valence electrons. The van der Waals surface area contributed by atoms with Crippen molar-refractivity contribution in [2.24, 2.45) is 5.73 Å². The Hall–Kier alpha value is -1.52. The highest BCUT2D eigenvalue weighted by Crippen LogP contribution is 2.43. The normalized spacial score (nSPS) is 13.2. The smallest absolute Gasteiger partial charge is 0.472 e. The molecule has 0 amide bonds. The molecule has 0 fully saturated rings. The molecule has 0 bridgehead atoms. The summed E-state index contributed by atoms with van der Waals surface area (Å²) in [5, 5.41) is 8.97. The average molecular weight is 1130 g/mol. The third kappa shape index (κ3) is 60.6. The lowest BCUT2D eigenvalue weighted by Crippen LogP contribution is -2.34. The number of nitrogens with two attached hydrogens (primary N) is 1. The van der Waals surface area contributed by atoms with Crippen molar-refractivity contribution < 1.29 is 47.5 Å². The Labute approximate surface area is 482 Å². The number of carbonyl (C=O) groups excluding carboxylic acids is 2. The summed E-state index contributed by atoms with van der Waals surface area (Å²) in [6, 6.07) is -1.52. The quantitative estimate of drug-likeness (QED) is 0.0301. The number of phosphoric ester groups is 1. The van der Waals surface area contributed by atoms with Crippen molar-refractivity contribution >= 4 is 25.7 Å². The summed E-state index contributed by atoms with van der Waals surface area (Å²) in [5.41, 5.74) is 5.39. The lowest BCUT2D eigenvalue weighted by Gasteiger charge is -2.20. The van der Waals surface area contributed by atoms with Crippen LogP contribution in [0.15, 0.2) is 0 Å². The maximum atomic E-state index is 12.8. The average Bonchev–Trinajstić information content (AvgIpc) is 3.42. The Balaban J connectivity index is 3.99. The van der Waals surface area contributed by atoms with Crippen LogP contribution in [0.25, 0.3) is 0 Å². The number of phosphoric acid groups is 1. The molecule has 0 aromatic carbocycles. The molecule has 0 heterocycles. The van der Waals surface area contributed by atoms with Gasteiger partial charge in [-0.25, -0.2) is 4.57 Å². The minimum absolute atomic E-state index is 0.171. The molecule has 0 aromatic heterocycles. The van der Waals surface area contributed by atoms with Gasteiger partial charge in [0.25, 0.3) is 0 Å². The van der Waals surface area contributed by atoms with Crippen molar-refractivity contribution in [3.8, 4) is 0 Å². The number of hydrogen-bond acceptors (Lipinski definition) is 9. The van der Waals surface area contributed by atoms with E-state index in [1.807, 2.05) is 0 Å². The van der Waals surface area contributed by atoms with Crippen molar-refractivity contribution in [3.05, 3.63) is 0 Å². The number of carbonyl (C=O) groups is 3. The van der Waals surface area contributed by atoms with Crippen molar-refractivity contribution in [1.29, 1.82) is 0 Å². The van der Waals surface area contributed by atoms with Gasteiger partial charge < -0.3 is 25.2 Å². The second-order valence-electron chi connectivity index (χ2n) is 23.7. The topological polar surface area (TPSA) is 172 Å². The Morgan fingerprint density at radius 3 is 0.808 bits per heavy atom. The van der Waals surface area contributed by atoms with Gasteiger partial charge in [-0.15, -0.1) is 0 Å². The number of ether oxygens (including phenoxy) is 2. The van der Waals surface area contributed by atoms with Gasteiger partial charge in [0.1, 0.15) is 12.6 Å². The number of aliphatic carboxylic acids is 1. The number of carboxylic acids is 1. The van der Waals surface area contributed by atoms with Crippen LogP contribution in [0.4, 0.5) is 0 Å². The molecule has 0 saturated heterocycles. The molecular formula is C66H130NO10P. The Kier molecular flexibility index (Phi) is 60.3. The molecule has 0 rings (SSSR count). The molecule has 0 saturated carbocycles. The molecule has 4 N–H and O–H groups in total. The molecular weight excluding hydrogens is 998 g/mol. The van der Waals surface area contributed by atoms with Crippen LogP contribution >= 0.6 is 7.82 Å². The summed E-state index contributed by atoms with van der Waals surface area (Å²) < 4.78 is 33.1. The van der Waals surface area contributed by atoms with Crippen LogP contribution in [0, 0.1) is 0 Å². The minimum atomic E-state index is -4.72.